The number of nitrogens with zero attached hydrogens (tertiary/aromatic N) is 2. The quantitative estimate of drug-likeness (QED) is 0.786. The van der Waals surface area contributed by atoms with Gasteiger partial charge in [0.2, 0.25) is 0 Å². The number of hydrogen-bond acceptors (Lipinski definition) is 4. The van der Waals surface area contributed by atoms with Gasteiger partial charge in [0, 0.05) is 25.1 Å². The van der Waals surface area contributed by atoms with Crippen LogP contribution in [0.1, 0.15) is 11.3 Å². The van der Waals surface area contributed by atoms with E-state index in [-0.39, 0.29) is 0 Å². The fourth-order valence-corrected chi connectivity index (χ4v) is 1.70. The average Bonchev–Trinajstić information content (AvgIpc) is 2.45. The molecule has 0 aliphatic heterocycles. The van der Waals surface area contributed by atoms with Crippen LogP contribution in [0.25, 0.3) is 0 Å². The SMILES string of the molecule is COc1cccc(CCNCc2cnccn2)c1. The lowest BCUT2D eigenvalue weighted by Crippen LogP contribution is -2.17. The van der Waals surface area contributed by atoms with E-state index in [0.29, 0.717) is 0 Å². The third-order valence-corrected chi connectivity index (χ3v) is 2.65. The fourth-order valence-electron chi connectivity index (χ4n) is 1.70. The zero-order valence-electron chi connectivity index (χ0n) is 10.5. The minimum atomic E-state index is 0.748. The Kier molecular flexibility index (Phi) is 4.67. The van der Waals surface area contributed by atoms with Crippen LogP contribution in [-0.4, -0.2) is 23.6 Å². The van der Waals surface area contributed by atoms with Crippen molar-refractivity contribution in [2.45, 2.75) is 13.0 Å². The molecule has 94 valence electrons. The van der Waals surface area contributed by atoms with Crippen LogP contribution in [0.4, 0.5) is 0 Å². The molecule has 1 aromatic heterocycles. The maximum atomic E-state index is 5.19. The minimum absolute atomic E-state index is 0.748. The summed E-state index contributed by atoms with van der Waals surface area (Å²) >= 11 is 0. The zero-order valence-corrected chi connectivity index (χ0v) is 10.5. The molecule has 1 heterocycles. The van der Waals surface area contributed by atoms with Crippen LogP contribution in [0.5, 0.6) is 5.75 Å². The summed E-state index contributed by atoms with van der Waals surface area (Å²) in [5, 5.41) is 3.34. The van der Waals surface area contributed by atoms with Gasteiger partial charge in [-0.25, -0.2) is 0 Å². The van der Waals surface area contributed by atoms with Crippen LogP contribution >= 0.6 is 0 Å². The van der Waals surface area contributed by atoms with Crippen LogP contribution in [0, 0.1) is 0 Å². The van der Waals surface area contributed by atoms with Crippen LogP contribution in [0.15, 0.2) is 42.9 Å². The second-order valence-electron chi connectivity index (χ2n) is 3.98. The molecular weight excluding hydrogens is 226 g/mol. The Morgan fingerprint density at radius 2 is 2.22 bits per heavy atom. The number of hydrogen-bond donors (Lipinski definition) is 1. The number of aromatic nitrogens is 2. The monoisotopic (exact) mass is 243 g/mol. The second kappa shape index (κ2) is 6.71. The Hall–Kier alpha value is -1.94. The van der Waals surface area contributed by atoms with Gasteiger partial charge in [-0.1, -0.05) is 12.1 Å². The zero-order chi connectivity index (χ0) is 12.6. The summed E-state index contributed by atoms with van der Waals surface area (Å²) in [6.07, 6.45) is 6.13. The van der Waals surface area contributed by atoms with Gasteiger partial charge < -0.3 is 10.1 Å². The predicted molar refractivity (Wildman–Crippen MR) is 70.4 cm³/mol. The van der Waals surface area contributed by atoms with Gasteiger partial charge in [0.1, 0.15) is 5.75 Å². The molecule has 0 aliphatic rings. The van der Waals surface area contributed by atoms with Crippen molar-refractivity contribution >= 4 is 0 Å². The molecule has 0 atom stereocenters. The van der Waals surface area contributed by atoms with E-state index in [2.05, 4.69) is 27.4 Å². The summed E-state index contributed by atoms with van der Waals surface area (Å²) in [5.74, 6) is 0.904. The third-order valence-electron chi connectivity index (χ3n) is 2.65. The number of methoxy groups -OCH3 is 1. The summed E-state index contributed by atoms with van der Waals surface area (Å²) in [5.41, 5.74) is 2.23. The van der Waals surface area contributed by atoms with E-state index in [1.807, 2.05) is 12.1 Å². The van der Waals surface area contributed by atoms with Crippen LogP contribution in [0.2, 0.25) is 0 Å². The molecule has 4 heteroatoms. The van der Waals surface area contributed by atoms with E-state index in [1.165, 1.54) is 5.56 Å². The van der Waals surface area contributed by atoms with Gasteiger partial charge in [0.05, 0.1) is 12.8 Å². The van der Waals surface area contributed by atoms with Gasteiger partial charge in [-0.3, -0.25) is 9.97 Å². The first-order chi connectivity index (χ1) is 8.88. The molecule has 0 spiro atoms. The van der Waals surface area contributed by atoms with Crippen molar-refractivity contribution < 1.29 is 4.74 Å². The summed E-state index contributed by atoms with van der Waals surface area (Å²) < 4.78 is 5.19. The Bertz CT molecular complexity index is 473. The molecule has 1 aromatic carbocycles. The van der Waals surface area contributed by atoms with Crippen molar-refractivity contribution in [1.29, 1.82) is 0 Å². The maximum Gasteiger partial charge on any atom is 0.119 e. The lowest BCUT2D eigenvalue weighted by atomic mass is 10.1. The van der Waals surface area contributed by atoms with Gasteiger partial charge in [-0.05, 0) is 30.7 Å². The number of rotatable bonds is 6. The molecule has 0 fully saturated rings. The molecule has 2 aromatic rings. The molecule has 0 bridgehead atoms. The molecule has 4 nitrogen and oxygen atoms in total. The Labute approximate surface area is 107 Å². The van der Waals surface area contributed by atoms with E-state index in [1.54, 1.807) is 25.7 Å². The topological polar surface area (TPSA) is 47.0 Å². The first-order valence-electron chi connectivity index (χ1n) is 5.97. The number of benzene rings is 1. The number of nitrogens with one attached hydrogen (secondary N) is 1. The summed E-state index contributed by atoms with van der Waals surface area (Å²) in [6.45, 7) is 1.65. The highest BCUT2D eigenvalue weighted by Crippen LogP contribution is 2.12. The molecule has 18 heavy (non-hydrogen) atoms. The summed E-state index contributed by atoms with van der Waals surface area (Å²) in [7, 11) is 1.69. The highest BCUT2D eigenvalue weighted by Gasteiger charge is 1.97. The first-order valence-corrected chi connectivity index (χ1v) is 5.97. The highest BCUT2D eigenvalue weighted by atomic mass is 16.5. The van der Waals surface area contributed by atoms with E-state index in [9.17, 15) is 0 Å². The fraction of sp³-hybridized carbons (Fsp3) is 0.286. The van der Waals surface area contributed by atoms with Crippen molar-refractivity contribution in [3.63, 3.8) is 0 Å². The first kappa shape index (κ1) is 12.5. The van der Waals surface area contributed by atoms with Crippen molar-refractivity contribution in [2.75, 3.05) is 13.7 Å². The van der Waals surface area contributed by atoms with Crippen molar-refractivity contribution in [1.82, 2.24) is 15.3 Å². The molecule has 0 amide bonds. The molecule has 1 N–H and O–H groups in total. The van der Waals surface area contributed by atoms with Crippen molar-refractivity contribution in [3.8, 4) is 5.75 Å². The standard InChI is InChI=1S/C14H17N3O/c1-18-14-4-2-3-12(9-14)5-6-15-10-13-11-16-7-8-17-13/h2-4,7-9,11,15H,5-6,10H2,1H3. The minimum Gasteiger partial charge on any atom is -0.497 e. The molecule has 0 saturated heterocycles. The van der Waals surface area contributed by atoms with Gasteiger partial charge in [0.15, 0.2) is 0 Å². The van der Waals surface area contributed by atoms with E-state index < -0.39 is 0 Å². The molecule has 2 rings (SSSR count). The Balaban J connectivity index is 1.75. The lowest BCUT2D eigenvalue weighted by Gasteiger charge is -2.06. The number of ether oxygens (including phenoxy) is 1. The van der Waals surface area contributed by atoms with E-state index in [0.717, 1.165) is 31.0 Å². The Morgan fingerprint density at radius 3 is 3.00 bits per heavy atom. The van der Waals surface area contributed by atoms with Gasteiger partial charge in [-0.2, -0.15) is 0 Å². The van der Waals surface area contributed by atoms with Crippen LogP contribution < -0.4 is 10.1 Å². The smallest absolute Gasteiger partial charge is 0.119 e. The normalized spacial score (nSPS) is 10.3. The third kappa shape index (κ3) is 3.82. The van der Waals surface area contributed by atoms with Crippen LogP contribution in [-0.2, 0) is 13.0 Å². The van der Waals surface area contributed by atoms with Crippen LogP contribution in [0.3, 0.4) is 0 Å². The average molecular weight is 243 g/mol. The Morgan fingerprint density at radius 1 is 1.28 bits per heavy atom. The molecule has 0 aliphatic carbocycles. The summed E-state index contributed by atoms with van der Waals surface area (Å²) in [6, 6.07) is 8.13. The van der Waals surface area contributed by atoms with E-state index >= 15 is 0 Å². The van der Waals surface area contributed by atoms with Gasteiger partial charge >= 0.3 is 0 Å². The molecular formula is C14H17N3O. The molecule has 0 unspecified atom stereocenters. The molecule has 0 saturated carbocycles. The maximum absolute atomic E-state index is 5.19. The van der Waals surface area contributed by atoms with Gasteiger partial charge in [0.25, 0.3) is 0 Å². The van der Waals surface area contributed by atoms with Gasteiger partial charge in [-0.15, -0.1) is 0 Å². The van der Waals surface area contributed by atoms with Crippen molar-refractivity contribution in [2.24, 2.45) is 0 Å². The molecule has 0 radical (unpaired) electrons. The van der Waals surface area contributed by atoms with E-state index in [4.69, 9.17) is 4.74 Å². The summed E-state index contributed by atoms with van der Waals surface area (Å²) in [4.78, 5) is 8.23. The lowest BCUT2D eigenvalue weighted by molar-refractivity contribution is 0.414. The predicted octanol–water partition coefficient (Wildman–Crippen LogP) is 1.82. The highest BCUT2D eigenvalue weighted by molar-refractivity contribution is 5.28. The second-order valence-corrected chi connectivity index (χ2v) is 3.98. The largest absolute Gasteiger partial charge is 0.497 e. The van der Waals surface area contributed by atoms with Crippen molar-refractivity contribution in [3.05, 3.63) is 54.1 Å².